The smallest absolute Gasteiger partial charge is 0.311 e. The summed E-state index contributed by atoms with van der Waals surface area (Å²) in [6.07, 6.45) is 1.46. The Labute approximate surface area is 137 Å². The Morgan fingerprint density at radius 3 is 2.48 bits per heavy atom. The summed E-state index contributed by atoms with van der Waals surface area (Å²) >= 11 is 0. The molecule has 2 rings (SSSR count). The summed E-state index contributed by atoms with van der Waals surface area (Å²) in [4.78, 5) is 26.3. The highest BCUT2D eigenvalue weighted by Crippen LogP contribution is 2.39. The Morgan fingerprint density at radius 1 is 1.35 bits per heavy atom. The molecule has 1 aromatic rings. The molecule has 1 N–H and O–H groups in total. The molecule has 2 heterocycles. The normalized spacial score (nSPS) is 21.2. The van der Waals surface area contributed by atoms with E-state index in [1.807, 2.05) is 32.4 Å². The Kier molecular flexibility index (Phi) is 4.82. The van der Waals surface area contributed by atoms with Crippen LogP contribution >= 0.6 is 0 Å². The molecular weight excluding hydrogens is 294 g/mol. The number of aromatic nitrogens is 2. The van der Waals surface area contributed by atoms with E-state index in [2.05, 4.69) is 12.0 Å². The molecule has 1 amide bonds. The van der Waals surface area contributed by atoms with Crippen LogP contribution in [0.3, 0.4) is 0 Å². The first-order valence-electron chi connectivity index (χ1n) is 8.31. The fourth-order valence-electron chi connectivity index (χ4n) is 3.49. The van der Waals surface area contributed by atoms with Gasteiger partial charge in [0.1, 0.15) is 0 Å². The minimum atomic E-state index is -0.836. The second-order valence-electron chi connectivity index (χ2n) is 6.86. The lowest BCUT2D eigenvalue weighted by atomic mass is 9.76. The largest absolute Gasteiger partial charge is 0.481 e. The minimum absolute atomic E-state index is 0.0113. The minimum Gasteiger partial charge on any atom is -0.481 e. The van der Waals surface area contributed by atoms with E-state index in [0.29, 0.717) is 18.5 Å². The van der Waals surface area contributed by atoms with Gasteiger partial charge in [0.05, 0.1) is 16.7 Å². The number of aryl methyl sites for hydroxylation is 2. The highest BCUT2D eigenvalue weighted by Gasteiger charge is 2.48. The second-order valence-corrected chi connectivity index (χ2v) is 6.86. The number of rotatable bonds is 5. The van der Waals surface area contributed by atoms with Gasteiger partial charge in [-0.1, -0.05) is 20.8 Å². The summed E-state index contributed by atoms with van der Waals surface area (Å²) in [7, 11) is 0. The third-order valence-corrected chi connectivity index (χ3v) is 5.15. The second kappa shape index (κ2) is 6.34. The van der Waals surface area contributed by atoms with Crippen LogP contribution < -0.4 is 0 Å². The van der Waals surface area contributed by atoms with Gasteiger partial charge < -0.3 is 10.0 Å². The average Bonchev–Trinajstić information content (AvgIpc) is 3.03. The zero-order valence-electron chi connectivity index (χ0n) is 14.7. The molecule has 0 spiro atoms. The molecule has 23 heavy (non-hydrogen) atoms. The monoisotopic (exact) mass is 321 g/mol. The SMILES string of the molecule is CCCn1nc(C)c(C(=O)N2CCC(C(=O)O)(C(C)C)C2)c1C. The standard InChI is InChI=1S/C17H27N3O3/c1-6-8-20-13(5)14(12(4)18-20)15(21)19-9-7-17(10-19,11(2)3)16(22)23/h11H,6-10H2,1-5H3,(H,22,23). The maximum Gasteiger partial charge on any atom is 0.311 e. The summed E-state index contributed by atoms with van der Waals surface area (Å²) in [6, 6.07) is 0. The first-order valence-corrected chi connectivity index (χ1v) is 8.31. The van der Waals surface area contributed by atoms with E-state index in [1.54, 1.807) is 4.90 Å². The van der Waals surface area contributed by atoms with E-state index in [0.717, 1.165) is 24.4 Å². The van der Waals surface area contributed by atoms with Gasteiger partial charge in [0.25, 0.3) is 5.91 Å². The number of carboxylic acids is 1. The van der Waals surface area contributed by atoms with Gasteiger partial charge in [0.15, 0.2) is 0 Å². The van der Waals surface area contributed by atoms with Crippen molar-refractivity contribution in [2.45, 2.75) is 54.0 Å². The summed E-state index contributed by atoms with van der Waals surface area (Å²) in [5.41, 5.74) is 1.38. The maximum atomic E-state index is 12.9. The maximum absolute atomic E-state index is 12.9. The zero-order valence-corrected chi connectivity index (χ0v) is 14.7. The number of hydrogen-bond acceptors (Lipinski definition) is 3. The van der Waals surface area contributed by atoms with Crippen LogP contribution in [0.5, 0.6) is 0 Å². The molecule has 1 atom stereocenters. The van der Waals surface area contributed by atoms with Crippen LogP contribution in [0, 0.1) is 25.2 Å². The van der Waals surface area contributed by atoms with Gasteiger partial charge >= 0.3 is 5.97 Å². The highest BCUT2D eigenvalue weighted by atomic mass is 16.4. The van der Waals surface area contributed by atoms with Gasteiger partial charge in [-0.05, 0) is 32.6 Å². The first-order chi connectivity index (χ1) is 10.7. The molecule has 6 heteroatoms. The lowest BCUT2D eigenvalue weighted by Gasteiger charge is -2.28. The Morgan fingerprint density at radius 2 is 2.00 bits per heavy atom. The number of amides is 1. The van der Waals surface area contributed by atoms with E-state index in [1.165, 1.54) is 0 Å². The third-order valence-electron chi connectivity index (χ3n) is 5.15. The summed E-state index contributed by atoms with van der Waals surface area (Å²) in [5.74, 6) is -0.910. The van der Waals surface area contributed by atoms with Crippen LogP contribution in [0.4, 0.5) is 0 Å². The van der Waals surface area contributed by atoms with Crippen LogP contribution in [-0.2, 0) is 11.3 Å². The van der Waals surface area contributed by atoms with Gasteiger partial charge in [-0.2, -0.15) is 5.10 Å². The van der Waals surface area contributed by atoms with E-state index in [9.17, 15) is 14.7 Å². The lowest BCUT2D eigenvalue weighted by molar-refractivity contribution is -0.150. The third kappa shape index (κ3) is 2.86. The van der Waals surface area contributed by atoms with Crippen molar-refractivity contribution in [1.29, 1.82) is 0 Å². The van der Waals surface area contributed by atoms with Crippen molar-refractivity contribution in [3.63, 3.8) is 0 Å². The molecule has 1 fully saturated rings. The van der Waals surface area contributed by atoms with Crippen molar-refractivity contribution >= 4 is 11.9 Å². The zero-order chi connectivity index (χ0) is 17.4. The van der Waals surface area contributed by atoms with Crippen molar-refractivity contribution in [3.05, 3.63) is 17.0 Å². The fourth-order valence-corrected chi connectivity index (χ4v) is 3.49. The molecular formula is C17H27N3O3. The fraction of sp³-hybridized carbons (Fsp3) is 0.706. The van der Waals surface area contributed by atoms with Crippen LogP contribution in [0.2, 0.25) is 0 Å². The van der Waals surface area contributed by atoms with Crippen molar-refractivity contribution in [1.82, 2.24) is 14.7 Å². The van der Waals surface area contributed by atoms with Gasteiger partial charge in [0.2, 0.25) is 0 Å². The summed E-state index contributed by atoms with van der Waals surface area (Å²) < 4.78 is 1.87. The van der Waals surface area contributed by atoms with E-state index >= 15 is 0 Å². The van der Waals surface area contributed by atoms with Crippen molar-refractivity contribution in [2.24, 2.45) is 11.3 Å². The predicted molar refractivity (Wildman–Crippen MR) is 87.4 cm³/mol. The Hall–Kier alpha value is -1.85. The van der Waals surface area contributed by atoms with Gasteiger partial charge in [-0.3, -0.25) is 14.3 Å². The van der Waals surface area contributed by atoms with E-state index < -0.39 is 11.4 Å². The molecule has 1 aliphatic heterocycles. The number of likely N-dealkylation sites (tertiary alicyclic amines) is 1. The summed E-state index contributed by atoms with van der Waals surface area (Å²) in [5, 5.41) is 14.1. The highest BCUT2D eigenvalue weighted by molar-refractivity contribution is 5.97. The molecule has 1 aliphatic rings. The number of carbonyl (C=O) groups excluding carboxylic acids is 1. The summed E-state index contributed by atoms with van der Waals surface area (Å²) in [6.45, 7) is 11.2. The number of hydrogen-bond donors (Lipinski definition) is 1. The molecule has 1 saturated heterocycles. The van der Waals surface area contributed by atoms with Gasteiger partial charge in [0, 0.05) is 25.3 Å². The molecule has 1 unspecified atom stereocenters. The van der Waals surface area contributed by atoms with Gasteiger partial charge in [-0.15, -0.1) is 0 Å². The molecule has 6 nitrogen and oxygen atoms in total. The predicted octanol–water partition coefficient (Wildman–Crippen LogP) is 2.48. The van der Waals surface area contributed by atoms with E-state index in [-0.39, 0.29) is 18.4 Å². The number of aliphatic carboxylic acids is 1. The molecule has 1 aromatic heterocycles. The van der Waals surface area contributed by atoms with Crippen LogP contribution in [0.1, 0.15) is 55.4 Å². The van der Waals surface area contributed by atoms with Crippen molar-refractivity contribution in [3.8, 4) is 0 Å². The first kappa shape index (κ1) is 17.5. The topological polar surface area (TPSA) is 75.4 Å². The molecule has 0 radical (unpaired) electrons. The molecule has 0 aromatic carbocycles. The molecule has 0 saturated carbocycles. The number of nitrogens with zero attached hydrogens (tertiary/aromatic N) is 3. The van der Waals surface area contributed by atoms with Crippen LogP contribution in [0.15, 0.2) is 0 Å². The van der Waals surface area contributed by atoms with E-state index in [4.69, 9.17) is 0 Å². The number of carbonyl (C=O) groups is 2. The lowest BCUT2D eigenvalue weighted by Crippen LogP contribution is -2.40. The van der Waals surface area contributed by atoms with Crippen LogP contribution in [-0.4, -0.2) is 44.8 Å². The molecule has 0 bridgehead atoms. The molecule has 128 valence electrons. The average molecular weight is 321 g/mol. The Bertz CT molecular complexity index is 621. The van der Waals surface area contributed by atoms with Crippen molar-refractivity contribution < 1.29 is 14.7 Å². The van der Waals surface area contributed by atoms with Crippen LogP contribution in [0.25, 0.3) is 0 Å². The Balaban J connectivity index is 2.28. The molecule has 0 aliphatic carbocycles. The van der Waals surface area contributed by atoms with Crippen molar-refractivity contribution in [2.75, 3.05) is 13.1 Å². The van der Waals surface area contributed by atoms with Gasteiger partial charge in [-0.25, -0.2) is 0 Å². The number of carboxylic acid groups (broad SMARTS) is 1. The quantitative estimate of drug-likeness (QED) is 0.904.